The van der Waals surface area contributed by atoms with Gasteiger partial charge in [-0.25, -0.2) is 0 Å². The predicted octanol–water partition coefficient (Wildman–Crippen LogP) is 4.69. The highest BCUT2D eigenvalue weighted by atomic mass is 79.9. The van der Waals surface area contributed by atoms with Crippen molar-refractivity contribution in [1.29, 1.82) is 0 Å². The summed E-state index contributed by atoms with van der Waals surface area (Å²) in [5.41, 5.74) is 6.35. The highest BCUT2D eigenvalue weighted by Gasteiger charge is 2.39. The third kappa shape index (κ3) is 3.37. The number of halogens is 1. The van der Waals surface area contributed by atoms with Gasteiger partial charge >= 0.3 is 0 Å². The molecule has 2 saturated carbocycles. The summed E-state index contributed by atoms with van der Waals surface area (Å²) >= 11 is 5.49. The lowest BCUT2D eigenvalue weighted by Crippen LogP contribution is -2.28. The van der Waals surface area contributed by atoms with Crippen molar-refractivity contribution in [2.24, 2.45) is 23.5 Å². The van der Waals surface area contributed by atoms with E-state index < -0.39 is 0 Å². The molecule has 19 heavy (non-hydrogen) atoms. The van der Waals surface area contributed by atoms with E-state index in [0.29, 0.717) is 6.04 Å². The third-order valence-electron chi connectivity index (χ3n) is 4.78. The van der Waals surface area contributed by atoms with E-state index in [0.717, 1.165) is 23.5 Å². The maximum absolute atomic E-state index is 6.35. The van der Waals surface area contributed by atoms with Crippen molar-refractivity contribution < 1.29 is 0 Å². The Bertz CT molecular complexity index is 437. The molecule has 1 nitrogen and oxygen atoms in total. The summed E-state index contributed by atoms with van der Waals surface area (Å²) in [6.07, 6.45) is 7.15. The number of hydrogen-bond donors (Lipinski definition) is 1. The molecule has 4 unspecified atom stereocenters. The van der Waals surface area contributed by atoms with E-state index in [1.54, 1.807) is 0 Å². The highest BCUT2D eigenvalue weighted by Crippen LogP contribution is 2.49. The van der Waals surface area contributed by atoms with Crippen LogP contribution in [0.4, 0.5) is 0 Å². The van der Waals surface area contributed by atoms with Crippen molar-refractivity contribution in [3.8, 4) is 0 Å². The Balaban J connectivity index is 1.47. The molecule has 0 spiro atoms. The molecule has 1 aromatic rings. The summed E-state index contributed by atoms with van der Waals surface area (Å²) in [7, 11) is 0. The Kier molecular flexibility index (Phi) is 4.55. The minimum absolute atomic E-state index is 0.349. The topological polar surface area (TPSA) is 26.0 Å². The van der Waals surface area contributed by atoms with E-state index in [4.69, 9.17) is 5.73 Å². The zero-order valence-electron chi connectivity index (χ0n) is 11.2. The summed E-state index contributed by atoms with van der Waals surface area (Å²) in [5.74, 6) is 4.01. The lowest BCUT2D eigenvalue weighted by Gasteiger charge is -2.24. The normalized spacial score (nSPS) is 30.7. The Hall–Kier alpha value is 0.01000. The van der Waals surface area contributed by atoms with Gasteiger partial charge in [0.25, 0.3) is 0 Å². The van der Waals surface area contributed by atoms with Crippen LogP contribution in [0, 0.1) is 17.8 Å². The van der Waals surface area contributed by atoms with Gasteiger partial charge in [-0.1, -0.05) is 18.6 Å². The SMILES string of the molecule is NC(CSc1ccccc1Br)CC1CC2CCC1C2. The average molecular weight is 340 g/mol. The fourth-order valence-electron chi connectivity index (χ4n) is 3.88. The van der Waals surface area contributed by atoms with Gasteiger partial charge in [0, 0.05) is 21.2 Å². The van der Waals surface area contributed by atoms with Crippen LogP contribution in [0.5, 0.6) is 0 Å². The van der Waals surface area contributed by atoms with Crippen molar-refractivity contribution in [2.75, 3.05) is 5.75 Å². The van der Waals surface area contributed by atoms with E-state index in [1.807, 2.05) is 11.8 Å². The second kappa shape index (κ2) is 6.19. The number of fused-ring (bicyclic) bond motifs is 2. The Labute approximate surface area is 128 Å². The lowest BCUT2D eigenvalue weighted by atomic mass is 9.85. The van der Waals surface area contributed by atoms with E-state index >= 15 is 0 Å². The molecule has 3 heteroatoms. The fraction of sp³-hybridized carbons (Fsp3) is 0.625. The van der Waals surface area contributed by atoms with Crippen LogP contribution in [0.3, 0.4) is 0 Å². The van der Waals surface area contributed by atoms with Gasteiger partial charge in [-0.2, -0.15) is 0 Å². The molecule has 2 fully saturated rings. The maximum Gasteiger partial charge on any atom is 0.0311 e. The van der Waals surface area contributed by atoms with Gasteiger partial charge in [0.1, 0.15) is 0 Å². The lowest BCUT2D eigenvalue weighted by molar-refractivity contribution is 0.301. The van der Waals surface area contributed by atoms with Gasteiger partial charge < -0.3 is 5.73 Å². The Morgan fingerprint density at radius 2 is 2.11 bits per heavy atom. The van der Waals surface area contributed by atoms with Gasteiger partial charge in [0.2, 0.25) is 0 Å². The van der Waals surface area contributed by atoms with Crippen LogP contribution in [0.2, 0.25) is 0 Å². The number of hydrogen-bond acceptors (Lipinski definition) is 2. The van der Waals surface area contributed by atoms with E-state index in [1.165, 1.54) is 41.5 Å². The zero-order chi connectivity index (χ0) is 13.2. The Morgan fingerprint density at radius 1 is 1.26 bits per heavy atom. The molecular weight excluding hydrogens is 318 g/mol. The van der Waals surface area contributed by atoms with Gasteiger partial charge in [-0.05, 0) is 71.5 Å². The predicted molar refractivity (Wildman–Crippen MR) is 86.4 cm³/mol. The van der Waals surface area contributed by atoms with Gasteiger partial charge in [0.15, 0.2) is 0 Å². The van der Waals surface area contributed by atoms with Crippen molar-refractivity contribution in [1.82, 2.24) is 0 Å². The summed E-state index contributed by atoms with van der Waals surface area (Å²) in [4.78, 5) is 1.31. The smallest absolute Gasteiger partial charge is 0.0311 e. The first kappa shape index (κ1) is 14.0. The molecule has 0 saturated heterocycles. The fourth-order valence-corrected chi connectivity index (χ4v) is 5.42. The average Bonchev–Trinajstić information content (AvgIpc) is 3.00. The van der Waals surface area contributed by atoms with Crippen LogP contribution in [0.15, 0.2) is 33.6 Å². The second-order valence-corrected chi connectivity index (χ2v) is 8.09. The zero-order valence-corrected chi connectivity index (χ0v) is 13.6. The number of rotatable bonds is 5. The minimum Gasteiger partial charge on any atom is -0.327 e. The number of nitrogens with two attached hydrogens (primary N) is 1. The molecule has 0 radical (unpaired) electrons. The molecular formula is C16H22BrNS. The largest absolute Gasteiger partial charge is 0.327 e. The first-order valence-corrected chi connectivity index (χ1v) is 9.13. The van der Waals surface area contributed by atoms with E-state index in [-0.39, 0.29) is 0 Å². The molecule has 2 N–H and O–H groups in total. The summed E-state index contributed by atoms with van der Waals surface area (Å²) < 4.78 is 1.19. The third-order valence-corrected chi connectivity index (χ3v) is 7.00. The molecule has 2 bridgehead atoms. The van der Waals surface area contributed by atoms with Crippen molar-refractivity contribution in [3.63, 3.8) is 0 Å². The molecule has 0 aliphatic heterocycles. The van der Waals surface area contributed by atoms with Crippen LogP contribution in [-0.4, -0.2) is 11.8 Å². The summed E-state index contributed by atoms with van der Waals surface area (Å²) in [6.45, 7) is 0. The maximum atomic E-state index is 6.35. The molecule has 0 heterocycles. The van der Waals surface area contributed by atoms with Gasteiger partial charge in [0.05, 0.1) is 0 Å². The molecule has 0 amide bonds. The quantitative estimate of drug-likeness (QED) is 0.787. The van der Waals surface area contributed by atoms with Crippen molar-refractivity contribution in [2.45, 2.75) is 43.0 Å². The van der Waals surface area contributed by atoms with Crippen LogP contribution in [0.1, 0.15) is 32.1 Å². The molecule has 4 atom stereocenters. The molecule has 0 aromatic heterocycles. The first-order chi connectivity index (χ1) is 9.22. The van der Waals surface area contributed by atoms with Crippen LogP contribution in [-0.2, 0) is 0 Å². The molecule has 104 valence electrons. The monoisotopic (exact) mass is 339 g/mol. The van der Waals surface area contributed by atoms with Gasteiger partial charge in [-0.15, -0.1) is 11.8 Å². The Morgan fingerprint density at radius 3 is 2.79 bits per heavy atom. The van der Waals surface area contributed by atoms with Crippen LogP contribution in [0.25, 0.3) is 0 Å². The number of benzene rings is 1. The summed E-state index contributed by atoms with van der Waals surface area (Å²) in [5, 5.41) is 0. The van der Waals surface area contributed by atoms with Gasteiger partial charge in [-0.3, -0.25) is 0 Å². The van der Waals surface area contributed by atoms with Crippen molar-refractivity contribution >= 4 is 27.7 Å². The molecule has 2 aliphatic rings. The van der Waals surface area contributed by atoms with Crippen LogP contribution < -0.4 is 5.73 Å². The minimum atomic E-state index is 0.349. The van der Waals surface area contributed by atoms with E-state index in [9.17, 15) is 0 Å². The molecule has 2 aliphatic carbocycles. The van der Waals surface area contributed by atoms with E-state index in [2.05, 4.69) is 40.2 Å². The first-order valence-electron chi connectivity index (χ1n) is 7.35. The van der Waals surface area contributed by atoms with Crippen molar-refractivity contribution in [3.05, 3.63) is 28.7 Å². The highest BCUT2D eigenvalue weighted by molar-refractivity contribution is 9.10. The second-order valence-electron chi connectivity index (χ2n) is 6.17. The number of thioether (sulfide) groups is 1. The molecule has 1 aromatic carbocycles. The van der Waals surface area contributed by atoms with Crippen LogP contribution >= 0.6 is 27.7 Å². The summed E-state index contributed by atoms with van der Waals surface area (Å²) in [6, 6.07) is 8.77. The standard InChI is InChI=1S/C16H22BrNS/c17-15-3-1-2-4-16(15)19-10-14(18)9-13-8-11-5-6-12(13)7-11/h1-4,11-14H,5-10,18H2. The molecule has 3 rings (SSSR count).